The third-order valence-corrected chi connectivity index (χ3v) is 3.63. The fourth-order valence-electron chi connectivity index (χ4n) is 2.43. The van der Waals surface area contributed by atoms with Crippen LogP contribution < -0.4 is 11.1 Å². The second-order valence-corrected chi connectivity index (χ2v) is 5.14. The van der Waals surface area contributed by atoms with Gasteiger partial charge in [0.1, 0.15) is 0 Å². The average Bonchev–Trinajstić information content (AvgIpc) is 2.74. The van der Waals surface area contributed by atoms with Gasteiger partial charge >= 0.3 is 0 Å². The summed E-state index contributed by atoms with van der Waals surface area (Å²) in [5, 5.41) is 2.93. The van der Waals surface area contributed by atoms with Gasteiger partial charge in [-0.1, -0.05) is 12.5 Å². The molecule has 2 rings (SSSR count). The molecule has 0 spiro atoms. The Morgan fingerprint density at radius 3 is 2.94 bits per heavy atom. The summed E-state index contributed by atoms with van der Waals surface area (Å²) in [6, 6.07) is 4.15. The molecule has 0 aliphatic heterocycles. The summed E-state index contributed by atoms with van der Waals surface area (Å²) in [4.78, 5) is 16.0. The highest BCUT2D eigenvalue weighted by molar-refractivity contribution is 5.76. The van der Waals surface area contributed by atoms with Gasteiger partial charge in [0, 0.05) is 30.9 Å². The van der Waals surface area contributed by atoms with Crippen molar-refractivity contribution in [3.8, 4) is 0 Å². The van der Waals surface area contributed by atoms with Gasteiger partial charge in [-0.15, -0.1) is 0 Å². The van der Waals surface area contributed by atoms with E-state index in [4.69, 9.17) is 5.73 Å². The topological polar surface area (TPSA) is 68.0 Å². The molecule has 0 aromatic carbocycles. The number of rotatable bonds is 4. The van der Waals surface area contributed by atoms with Crippen LogP contribution in [-0.4, -0.2) is 16.9 Å². The van der Waals surface area contributed by atoms with Crippen molar-refractivity contribution in [2.45, 2.75) is 45.2 Å². The molecule has 98 valence electrons. The van der Waals surface area contributed by atoms with Gasteiger partial charge in [-0.2, -0.15) is 0 Å². The van der Waals surface area contributed by atoms with Crippen LogP contribution in [0.2, 0.25) is 0 Å². The van der Waals surface area contributed by atoms with Crippen LogP contribution in [0, 0.1) is 12.8 Å². The van der Waals surface area contributed by atoms with Crippen LogP contribution in [0.1, 0.15) is 36.9 Å². The molecule has 0 saturated heterocycles. The van der Waals surface area contributed by atoms with Gasteiger partial charge in [0.15, 0.2) is 0 Å². The minimum Gasteiger partial charge on any atom is -0.352 e. The van der Waals surface area contributed by atoms with Crippen LogP contribution in [0.5, 0.6) is 0 Å². The average molecular weight is 247 g/mol. The zero-order valence-electron chi connectivity index (χ0n) is 10.9. The van der Waals surface area contributed by atoms with Gasteiger partial charge in [-0.05, 0) is 37.3 Å². The molecule has 1 heterocycles. The highest BCUT2D eigenvalue weighted by Gasteiger charge is 2.25. The van der Waals surface area contributed by atoms with Crippen molar-refractivity contribution in [1.82, 2.24) is 10.3 Å². The molecule has 1 saturated carbocycles. The van der Waals surface area contributed by atoms with Crippen LogP contribution in [0.25, 0.3) is 0 Å². The standard InChI is InChI=1S/C14H21N3O/c1-10-5-6-11(8-16-10)9-17-14(18)7-12-3-2-4-13(12)15/h5-6,8,12-13H,2-4,7,9,15H2,1H3,(H,17,18)/t12-,13+/m0/s1. The Kier molecular flexibility index (Phi) is 4.31. The number of amides is 1. The predicted molar refractivity (Wildman–Crippen MR) is 70.8 cm³/mol. The lowest BCUT2D eigenvalue weighted by atomic mass is 10.00. The number of hydrogen-bond donors (Lipinski definition) is 2. The van der Waals surface area contributed by atoms with E-state index in [-0.39, 0.29) is 11.9 Å². The lowest BCUT2D eigenvalue weighted by Crippen LogP contribution is -2.31. The van der Waals surface area contributed by atoms with Crippen LogP contribution >= 0.6 is 0 Å². The molecule has 4 heteroatoms. The first kappa shape index (κ1) is 13.0. The number of carbonyl (C=O) groups excluding carboxylic acids is 1. The second-order valence-electron chi connectivity index (χ2n) is 5.14. The molecule has 18 heavy (non-hydrogen) atoms. The maximum absolute atomic E-state index is 11.8. The van der Waals surface area contributed by atoms with Crippen molar-refractivity contribution < 1.29 is 4.79 Å². The molecular formula is C14H21N3O. The van der Waals surface area contributed by atoms with Crippen molar-refractivity contribution in [2.75, 3.05) is 0 Å². The Balaban J connectivity index is 1.76. The van der Waals surface area contributed by atoms with Crippen molar-refractivity contribution in [2.24, 2.45) is 11.7 Å². The van der Waals surface area contributed by atoms with E-state index in [2.05, 4.69) is 10.3 Å². The monoisotopic (exact) mass is 247 g/mol. The van der Waals surface area contributed by atoms with Crippen LogP contribution in [0.3, 0.4) is 0 Å². The summed E-state index contributed by atoms with van der Waals surface area (Å²) in [5.74, 6) is 0.457. The lowest BCUT2D eigenvalue weighted by molar-refractivity contribution is -0.122. The van der Waals surface area contributed by atoms with Crippen LogP contribution in [0.15, 0.2) is 18.3 Å². The number of nitrogens with zero attached hydrogens (tertiary/aromatic N) is 1. The van der Waals surface area contributed by atoms with E-state index in [1.807, 2.05) is 19.1 Å². The third kappa shape index (κ3) is 3.53. The third-order valence-electron chi connectivity index (χ3n) is 3.63. The molecule has 0 bridgehead atoms. The summed E-state index contributed by atoms with van der Waals surface area (Å²) < 4.78 is 0. The first-order valence-electron chi connectivity index (χ1n) is 6.59. The van der Waals surface area contributed by atoms with Gasteiger partial charge < -0.3 is 11.1 Å². The molecule has 1 aromatic rings. The second kappa shape index (κ2) is 5.96. The fraction of sp³-hybridized carbons (Fsp3) is 0.571. The van der Waals surface area contributed by atoms with E-state index in [1.165, 1.54) is 0 Å². The molecule has 0 unspecified atom stereocenters. The number of carbonyl (C=O) groups is 1. The number of pyridine rings is 1. The van der Waals surface area contributed by atoms with Crippen LogP contribution in [0.4, 0.5) is 0 Å². The predicted octanol–water partition coefficient (Wildman–Crippen LogP) is 1.52. The van der Waals surface area contributed by atoms with Gasteiger partial charge in [-0.3, -0.25) is 9.78 Å². The summed E-state index contributed by atoms with van der Waals surface area (Å²) in [6.07, 6.45) is 5.65. The number of nitrogens with two attached hydrogens (primary N) is 1. The molecule has 1 aromatic heterocycles. The van der Waals surface area contributed by atoms with Gasteiger partial charge in [0.2, 0.25) is 5.91 Å². The fourth-order valence-corrected chi connectivity index (χ4v) is 2.43. The molecule has 1 aliphatic carbocycles. The summed E-state index contributed by atoms with van der Waals surface area (Å²) in [7, 11) is 0. The molecule has 1 aliphatic rings. The Morgan fingerprint density at radius 2 is 2.33 bits per heavy atom. The first-order chi connectivity index (χ1) is 8.65. The van der Waals surface area contributed by atoms with Crippen molar-refractivity contribution in [3.63, 3.8) is 0 Å². The number of nitrogens with one attached hydrogen (secondary N) is 1. The van der Waals surface area contributed by atoms with Crippen molar-refractivity contribution >= 4 is 5.91 Å². The van der Waals surface area contributed by atoms with E-state index in [1.54, 1.807) is 6.20 Å². The highest BCUT2D eigenvalue weighted by atomic mass is 16.1. The van der Waals surface area contributed by atoms with Gasteiger partial charge in [-0.25, -0.2) is 0 Å². The van der Waals surface area contributed by atoms with Crippen LogP contribution in [-0.2, 0) is 11.3 Å². The largest absolute Gasteiger partial charge is 0.352 e. The zero-order chi connectivity index (χ0) is 13.0. The minimum atomic E-state index is 0.0953. The summed E-state index contributed by atoms with van der Waals surface area (Å²) in [6.45, 7) is 2.50. The molecular weight excluding hydrogens is 226 g/mol. The summed E-state index contributed by atoms with van der Waals surface area (Å²) >= 11 is 0. The zero-order valence-corrected chi connectivity index (χ0v) is 10.9. The van der Waals surface area contributed by atoms with Crippen molar-refractivity contribution in [3.05, 3.63) is 29.6 Å². The van der Waals surface area contributed by atoms with Crippen molar-refractivity contribution in [1.29, 1.82) is 0 Å². The Bertz CT molecular complexity index is 402. The molecule has 1 amide bonds. The molecule has 2 atom stereocenters. The highest BCUT2D eigenvalue weighted by Crippen LogP contribution is 2.26. The quantitative estimate of drug-likeness (QED) is 0.847. The molecule has 1 fully saturated rings. The van der Waals surface area contributed by atoms with Gasteiger partial charge in [0.05, 0.1) is 0 Å². The van der Waals surface area contributed by atoms with E-state index in [9.17, 15) is 4.79 Å². The smallest absolute Gasteiger partial charge is 0.220 e. The normalized spacial score (nSPS) is 23.0. The minimum absolute atomic E-state index is 0.0953. The number of aromatic nitrogens is 1. The van der Waals surface area contributed by atoms with E-state index < -0.39 is 0 Å². The maximum Gasteiger partial charge on any atom is 0.220 e. The Hall–Kier alpha value is -1.42. The number of hydrogen-bond acceptors (Lipinski definition) is 3. The van der Waals surface area contributed by atoms with E-state index in [0.717, 1.165) is 30.5 Å². The maximum atomic E-state index is 11.8. The SMILES string of the molecule is Cc1ccc(CNC(=O)C[C@@H]2CCC[C@H]2N)cn1. The number of aryl methyl sites for hydroxylation is 1. The molecule has 0 radical (unpaired) electrons. The first-order valence-corrected chi connectivity index (χ1v) is 6.59. The Labute approximate surface area is 108 Å². The molecule has 4 nitrogen and oxygen atoms in total. The Morgan fingerprint density at radius 1 is 1.50 bits per heavy atom. The van der Waals surface area contributed by atoms with Gasteiger partial charge in [0.25, 0.3) is 0 Å². The molecule has 3 N–H and O–H groups in total. The van der Waals surface area contributed by atoms with E-state index in [0.29, 0.717) is 18.9 Å². The summed E-state index contributed by atoms with van der Waals surface area (Å²) in [5.41, 5.74) is 7.98. The lowest BCUT2D eigenvalue weighted by Gasteiger charge is -2.14. The van der Waals surface area contributed by atoms with E-state index >= 15 is 0 Å².